The Kier molecular flexibility index (Phi) is 12.0. The number of hydrogen-bond acceptors (Lipinski definition) is 2. The van der Waals surface area contributed by atoms with Crippen LogP contribution in [0.1, 0.15) is 45.2 Å². The van der Waals surface area contributed by atoms with Gasteiger partial charge in [-0.25, -0.2) is 0 Å². The van der Waals surface area contributed by atoms with Crippen molar-refractivity contribution in [1.29, 1.82) is 0 Å². The van der Waals surface area contributed by atoms with E-state index >= 15 is 0 Å². The molecule has 2 nitrogen and oxygen atoms in total. The highest BCUT2D eigenvalue weighted by atomic mass is 15.2. The molecule has 0 aromatic heterocycles. The highest BCUT2D eigenvalue weighted by Gasteiger charge is 2.16. The summed E-state index contributed by atoms with van der Waals surface area (Å²) < 4.78 is 0. The molecule has 0 unspecified atom stereocenters. The molecule has 0 aliphatic heterocycles. The number of allylic oxidation sites excluding steroid dienone is 10. The second-order valence-corrected chi connectivity index (χ2v) is 9.91. The normalized spacial score (nSPS) is 13.2. The molecule has 41 heavy (non-hydrogen) atoms. The number of anilines is 3. The lowest BCUT2D eigenvalue weighted by molar-refractivity contribution is 1.09. The van der Waals surface area contributed by atoms with Crippen LogP contribution in [0.5, 0.6) is 0 Å². The second kappa shape index (κ2) is 15.9. The van der Waals surface area contributed by atoms with Crippen LogP contribution in [0.3, 0.4) is 0 Å². The van der Waals surface area contributed by atoms with Gasteiger partial charge in [0.15, 0.2) is 0 Å². The van der Waals surface area contributed by atoms with Gasteiger partial charge in [-0.05, 0) is 97.2 Å². The summed E-state index contributed by atoms with van der Waals surface area (Å²) in [5, 5.41) is 0. The van der Waals surface area contributed by atoms with Crippen molar-refractivity contribution in [3.05, 3.63) is 168 Å². The first-order valence-corrected chi connectivity index (χ1v) is 14.4. The molecule has 0 bridgehead atoms. The number of para-hydroxylation sites is 1. The maximum atomic E-state index is 4.01. The zero-order valence-corrected chi connectivity index (χ0v) is 25.3. The Morgan fingerprint density at radius 2 is 1.37 bits per heavy atom. The summed E-state index contributed by atoms with van der Waals surface area (Å²) in [6.07, 6.45) is 19.0. The SMILES string of the molecule is C=CC(=C/C)/C(C=C)=C\C=C(/C)N(C1=Cc2ccccc2CC=C1)c1ccc(N(C)c2ccccc2)cc1.CCC. The zero-order valence-electron chi connectivity index (χ0n) is 25.3. The predicted octanol–water partition coefficient (Wildman–Crippen LogP) is 11.0. The van der Waals surface area contributed by atoms with Crippen molar-refractivity contribution in [3.8, 4) is 0 Å². The van der Waals surface area contributed by atoms with E-state index < -0.39 is 0 Å². The molecule has 1 aliphatic carbocycles. The van der Waals surface area contributed by atoms with E-state index in [-0.39, 0.29) is 0 Å². The Hall–Kier alpha value is -4.56. The van der Waals surface area contributed by atoms with Gasteiger partial charge in [-0.1, -0.05) is 106 Å². The van der Waals surface area contributed by atoms with Crippen LogP contribution in [0.2, 0.25) is 0 Å². The smallest absolute Gasteiger partial charge is 0.0461 e. The van der Waals surface area contributed by atoms with Crippen molar-refractivity contribution in [1.82, 2.24) is 0 Å². The molecule has 0 saturated carbocycles. The molecule has 0 fully saturated rings. The summed E-state index contributed by atoms with van der Waals surface area (Å²) in [7, 11) is 2.10. The van der Waals surface area contributed by atoms with Crippen molar-refractivity contribution < 1.29 is 0 Å². The van der Waals surface area contributed by atoms with Crippen LogP contribution >= 0.6 is 0 Å². The number of nitrogens with zero attached hydrogens (tertiary/aromatic N) is 2. The fourth-order valence-corrected chi connectivity index (χ4v) is 4.67. The Bertz CT molecular complexity index is 1450. The van der Waals surface area contributed by atoms with Crippen LogP contribution in [0.25, 0.3) is 6.08 Å². The van der Waals surface area contributed by atoms with Gasteiger partial charge in [-0.15, -0.1) is 0 Å². The molecule has 2 heteroatoms. The first-order valence-electron chi connectivity index (χ1n) is 14.4. The third kappa shape index (κ3) is 8.22. The van der Waals surface area contributed by atoms with E-state index in [0.717, 1.165) is 46.0 Å². The maximum absolute atomic E-state index is 4.01. The fourth-order valence-electron chi connectivity index (χ4n) is 4.67. The first-order chi connectivity index (χ1) is 20.0. The molecule has 0 heterocycles. The van der Waals surface area contributed by atoms with Gasteiger partial charge in [-0.3, -0.25) is 0 Å². The van der Waals surface area contributed by atoms with Crippen LogP contribution in [0, 0.1) is 0 Å². The van der Waals surface area contributed by atoms with Crippen molar-refractivity contribution in [3.63, 3.8) is 0 Å². The summed E-state index contributed by atoms with van der Waals surface area (Å²) in [5.74, 6) is 0. The summed E-state index contributed by atoms with van der Waals surface area (Å²) in [4.78, 5) is 4.51. The van der Waals surface area contributed by atoms with Gasteiger partial charge in [0.05, 0.1) is 0 Å². The first kappa shape index (κ1) is 31.0. The number of rotatable bonds is 9. The molecule has 0 spiro atoms. The van der Waals surface area contributed by atoms with Gasteiger partial charge in [0, 0.05) is 35.5 Å². The molecular weight excluding hydrogens is 496 g/mol. The van der Waals surface area contributed by atoms with Gasteiger partial charge >= 0.3 is 0 Å². The molecular formula is C39H44N2. The van der Waals surface area contributed by atoms with Gasteiger partial charge in [-0.2, -0.15) is 0 Å². The van der Waals surface area contributed by atoms with E-state index in [1.54, 1.807) is 0 Å². The molecule has 4 rings (SSSR count). The Balaban J connectivity index is 0.00000147. The number of hydrogen-bond donors (Lipinski definition) is 0. The second-order valence-electron chi connectivity index (χ2n) is 9.91. The van der Waals surface area contributed by atoms with Crippen LogP contribution in [-0.4, -0.2) is 7.05 Å². The lowest BCUT2D eigenvalue weighted by atomic mass is 10.0. The van der Waals surface area contributed by atoms with Gasteiger partial charge < -0.3 is 9.80 Å². The largest absolute Gasteiger partial charge is 0.345 e. The van der Waals surface area contributed by atoms with Crippen LogP contribution in [0.4, 0.5) is 17.1 Å². The molecule has 0 saturated heterocycles. The van der Waals surface area contributed by atoms with Crippen molar-refractivity contribution in [2.45, 2.75) is 40.5 Å². The molecule has 3 aromatic carbocycles. The molecule has 0 radical (unpaired) electrons. The predicted molar refractivity (Wildman–Crippen MR) is 183 cm³/mol. The van der Waals surface area contributed by atoms with E-state index in [1.807, 2.05) is 25.1 Å². The molecule has 1 aliphatic rings. The number of fused-ring (bicyclic) bond motifs is 1. The van der Waals surface area contributed by atoms with Crippen LogP contribution in [-0.2, 0) is 6.42 Å². The molecule has 0 N–H and O–H groups in total. The average molecular weight is 541 g/mol. The van der Waals surface area contributed by atoms with Crippen LogP contribution in [0.15, 0.2) is 157 Å². The third-order valence-electron chi connectivity index (χ3n) is 6.82. The topological polar surface area (TPSA) is 6.48 Å². The molecule has 210 valence electrons. The van der Waals surface area contributed by atoms with E-state index in [2.05, 4.69) is 160 Å². The van der Waals surface area contributed by atoms with Crippen molar-refractivity contribution in [2.75, 3.05) is 16.8 Å². The average Bonchev–Trinajstić information content (AvgIpc) is 3.22. The van der Waals surface area contributed by atoms with E-state index in [4.69, 9.17) is 0 Å². The zero-order chi connectivity index (χ0) is 29.6. The Morgan fingerprint density at radius 3 is 2.00 bits per heavy atom. The van der Waals surface area contributed by atoms with Gasteiger partial charge in [0.1, 0.15) is 0 Å². The molecule has 0 amide bonds. The monoisotopic (exact) mass is 540 g/mol. The minimum absolute atomic E-state index is 0.915. The van der Waals surface area contributed by atoms with Gasteiger partial charge in [0.25, 0.3) is 0 Å². The minimum atomic E-state index is 0.915. The molecule has 3 aromatic rings. The van der Waals surface area contributed by atoms with Crippen molar-refractivity contribution >= 4 is 23.1 Å². The van der Waals surface area contributed by atoms with Crippen LogP contribution < -0.4 is 9.80 Å². The summed E-state index contributed by atoms with van der Waals surface area (Å²) in [6, 6.07) is 27.8. The van der Waals surface area contributed by atoms with Crippen molar-refractivity contribution in [2.24, 2.45) is 0 Å². The highest BCUT2D eigenvalue weighted by molar-refractivity contribution is 5.73. The highest BCUT2D eigenvalue weighted by Crippen LogP contribution is 2.32. The van der Waals surface area contributed by atoms with E-state index in [0.29, 0.717) is 0 Å². The maximum Gasteiger partial charge on any atom is 0.0461 e. The lowest BCUT2D eigenvalue weighted by Gasteiger charge is -2.28. The standard InChI is InChI=1S/C36H36N2.C3H8/c1-6-29(7-2)30(8-3)22-21-28(4)38(36-20-14-17-31-15-12-13-16-32(31)27-36)35-25-23-34(24-26-35)37(5)33-18-10-9-11-19-33;1-3-2/h6-16,18-27H,1,3,17H2,2,4-5H3;3H2,1-2H3/b28-21+,29-7-,30-22-;. The fraction of sp³-hybridized carbons (Fsp3) is 0.179. The van der Waals surface area contributed by atoms with Gasteiger partial charge in [0.2, 0.25) is 0 Å². The lowest BCUT2D eigenvalue weighted by Crippen LogP contribution is -2.19. The quantitative estimate of drug-likeness (QED) is 0.249. The van der Waals surface area contributed by atoms with E-state index in [1.165, 1.54) is 17.5 Å². The summed E-state index contributed by atoms with van der Waals surface area (Å²) in [5.41, 5.74) is 10.3. The Labute approximate surface area is 248 Å². The van der Waals surface area contributed by atoms with E-state index in [9.17, 15) is 0 Å². The minimum Gasteiger partial charge on any atom is -0.345 e. The third-order valence-corrected chi connectivity index (χ3v) is 6.82. The molecule has 0 atom stereocenters. The Morgan fingerprint density at radius 1 is 0.780 bits per heavy atom. The summed E-state index contributed by atoms with van der Waals surface area (Å²) >= 11 is 0. The summed E-state index contributed by atoms with van der Waals surface area (Å²) in [6.45, 7) is 16.4. The number of benzene rings is 3.